The molecule has 1 aromatic rings. The zero-order valence-corrected chi connectivity index (χ0v) is 16.7. The van der Waals surface area contributed by atoms with Gasteiger partial charge in [0.2, 0.25) is 15.9 Å². The van der Waals surface area contributed by atoms with Gasteiger partial charge >= 0.3 is 0 Å². The third-order valence-corrected chi connectivity index (χ3v) is 6.86. The summed E-state index contributed by atoms with van der Waals surface area (Å²) < 4.78 is 27.0. The summed E-state index contributed by atoms with van der Waals surface area (Å²) >= 11 is 3.28. The van der Waals surface area contributed by atoms with Gasteiger partial charge < -0.3 is 9.80 Å². The van der Waals surface area contributed by atoms with Crippen LogP contribution in [0.5, 0.6) is 0 Å². The first-order valence-corrected chi connectivity index (χ1v) is 10.1. The summed E-state index contributed by atoms with van der Waals surface area (Å²) in [5.41, 5.74) is 0. The molecule has 1 aromatic carbocycles. The van der Waals surface area contributed by atoms with E-state index in [1.54, 1.807) is 24.1 Å². The van der Waals surface area contributed by atoms with Gasteiger partial charge in [0.15, 0.2) is 0 Å². The number of rotatable bonds is 5. The van der Waals surface area contributed by atoms with Gasteiger partial charge in [-0.2, -0.15) is 4.31 Å². The molecule has 24 heavy (non-hydrogen) atoms. The fraction of sp³-hybridized carbons (Fsp3) is 0.562. The highest BCUT2D eigenvalue weighted by molar-refractivity contribution is 9.10. The standard InChI is InChI=1S/C16H24BrN3O3S/c1-18-10-8-14(9-11-18)20(3)16(21)12-19(2)24(22,23)15-6-4-13(17)5-7-15/h4-7,14H,8-12H2,1-3H3. The van der Waals surface area contributed by atoms with Crippen molar-refractivity contribution in [1.82, 2.24) is 14.1 Å². The van der Waals surface area contributed by atoms with Crippen molar-refractivity contribution in [3.63, 3.8) is 0 Å². The maximum Gasteiger partial charge on any atom is 0.243 e. The smallest absolute Gasteiger partial charge is 0.243 e. The number of halogens is 1. The average Bonchev–Trinajstić information content (AvgIpc) is 2.55. The lowest BCUT2D eigenvalue weighted by Gasteiger charge is -2.35. The van der Waals surface area contributed by atoms with Crippen LogP contribution in [0.25, 0.3) is 0 Å². The Morgan fingerprint density at radius 1 is 1.21 bits per heavy atom. The molecule has 2 rings (SSSR count). The minimum atomic E-state index is -3.67. The highest BCUT2D eigenvalue weighted by atomic mass is 79.9. The first-order valence-electron chi connectivity index (χ1n) is 7.88. The number of nitrogens with zero attached hydrogens (tertiary/aromatic N) is 3. The third-order valence-electron chi connectivity index (χ3n) is 4.51. The van der Waals surface area contributed by atoms with Gasteiger partial charge in [0.25, 0.3) is 0 Å². The molecular formula is C16H24BrN3O3S. The SMILES string of the molecule is CN1CCC(N(C)C(=O)CN(C)S(=O)(=O)c2ccc(Br)cc2)CC1. The maximum absolute atomic E-state index is 12.6. The zero-order chi connectivity index (χ0) is 17.9. The van der Waals surface area contributed by atoms with Crippen LogP contribution >= 0.6 is 15.9 Å². The number of benzene rings is 1. The topological polar surface area (TPSA) is 60.9 Å². The van der Waals surface area contributed by atoms with Crippen molar-refractivity contribution in [2.24, 2.45) is 0 Å². The molecule has 0 atom stereocenters. The Balaban J connectivity index is 2.01. The van der Waals surface area contributed by atoms with Crippen LogP contribution in [-0.2, 0) is 14.8 Å². The molecule has 1 aliphatic heterocycles. The fourth-order valence-corrected chi connectivity index (χ4v) is 4.14. The predicted octanol–water partition coefficient (Wildman–Crippen LogP) is 1.62. The lowest BCUT2D eigenvalue weighted by molar-refractivity contribution is -0.132. The van der Waals surface area contributed by atoms with Crippen LogP contribution in [0.3, 0.4) is 0 Å². The summed E-state index contributed by atoms with van der Waals surface area (Å²) in [5.74, 6) is -0.173. The molecule has 1 amide bonds. The number of amides is 1. The van der Waals surface area contributed by atoms with E-state index in [2.05, 4.69) is 27.9 Å². The summed E-state index contributed by atoms with van der Waals surface area (Å²) in [6, 6.07) is 6.58. The van der Waals surface area contributed by atoms with E-state index in [9.17, 15) is 13.2 Å². The van der Waals surface area contributed by atoms with Gasteiger partial charge in [0.05, 0.1) is 11.4 Å². The Labute approximate surface area is 152 Å². The normalized spacial score (nSPS) is 17.2. The molecule has 0 N–H and O–H groups in total. The molecule has 6 nitrogen and oxygen atoms in total. The van der Waals surface area contributed by atoms with Crippen LogP contribution in [0, 0.1) is 0 Å². The molecular weight excluding hydrogens is 394 g/mol. The highest BCUT2D eigenvalue weighted by Crippen LogP contribution is 2.19. The van der Waals surface area contributed by atoms with Crippen LogP contribution in [0.2, 0.25) is 0 Å². The van der Waals surface area contributed by atoms with E-state index in [1.807, 2.05) is 0 Å². The number of sulfonamides is 1. The minimum absolute atomic E-state index is 0.152. The number of piperidine rings is 1. The molecule has 1 heterocycles. The van der Waals surface area contributed by atoms with Gasteiger partial charge in [-0.25, -0.2) is 8.42 Å². The van der Waals surface area contributed by atoms with Crippen molar-refractivity contribution in [3.8, 4) is 0 Å². The highest BCUT2D eigenvalue weighted by Gasteiger charge is 2.28. The van der Waals surface area contributed by atoms with E-state index < -0.39 is 10.0 Å². The fourth-order valence-electron chi connectivity index (χ4n) is 2.76. The van der Waals surface area contributed by atoms with Gasteiger partial charge in [-0.15, -0.1) is 0 Å². The van der Waals surface area contributed by atoms with Crippen molar-refractivity contribution in [2.75, 3.05) is 40.8 Å². The van der Waals surface area contributed by atoms with Crippen molar-refractivity contribution in [3.05, 3.63) is 28.7 Å². The predicted molar refractivity (Wildman–Crippen MR) is 97.2 cm³/mol. The molecule has 8 heteroatoms. The van der Waals surface area contributed by atoms with Gasteiger partial charge in [-0.3, -0.25) is 4.79 Å². The summed E-state index contributed by atoms with van der Waals surface area (Å²) in [4.78, 5) is 16.6. The summed E-state index contributed by atoms with van der Waals surface area (Å²) in [5, 5.41) is 0. The summed E-state index contributed by atoms with van der Waals surface area (Å²) in [6.45, 7) is 1.76. The molecule has 0 aliphatic carbocycles. The largest absolute Gasteiger partial charge is 0.342 e. The van der Waals surface area contributed by atoms with Gasteiger partial charge in [0.1, 0.15) is 0 Å². The number of carbonyl (C=O) groups is 1. The molecule has 0 spiro atoms. The molecule has 0 radical (unpaired) electrons. The minimum Gasteiger partial charge on any atom is -0.342 e. The van der Waals surface area contributed by atoms with E-state index in [0.29, 0.717) is 0 Å². The van der Waals surface area contributed by atoms with Crippen molar-refractivity contribution >= 4 is 31.9 Å². The molecule has 0 saturated carbocycles. The molecule has 1 saturated heterocycles. The Bertz CT molecular complexity index is 670. The molecule has 0 bridgehead atoms. The quantitative estimate of drug-likeness (QED) is 0.729. The number of hydrogen-bond donors (Lipinski definition) is 0. The molecule has 1 fully saturated rings. The van der Waals surface area contributed by atoms with Crippen molar-refractivity contribution in [2.45, 2.75) is 23.8 Å². The van der Waals surface area contributed by atoms with Crippen molar-refractivity contribution in [1.29, 1.82) is 0 Å². The Morgan fingerprint density at radius 3 is 2.29 bits per heavy atom. The zero-order valence-electron chi connectivity index (χ0n) is 14.3. The Kier molecular flexibility index (Phi) is 6.41. The van der Waals surface area contributed by atoms with E-state index in [-0.39, 0.29) is 23.4 Å². The average molecular weight is 418 g/mol. The molecule has 1 aliphatic rings. The monoisotopic (exact) mass is 417 g/mol. The Morgan fingerprint density at radius 2 is 1.75 bits per heavy atom. The van der Waals surface area contributed by atoms with E-state index in [1.165, 1.54) is 19.2 Å². The van der Waals surface area contributed by atoms with Crippen LogP contribution in [-0.4, -0.2) is 75.2 Å². The van der Waals surface area contributed by atoms with E-state index in [4.69, 9.17) is 0 Å². The van der Waals surface area contributed by atoms with E-state index in [0.717, 1.165) is 34.7 Å². The Hall–Kier alpha value is -0.960. The van der Waals surface area contributed by atoms with Crippen LogP contribution in [0.4, 0.5) is 0 Å². The van der Waals surface area contributed by atoms with Crippen LogP contribution in [0.1, 0.15) is 12.8 Å². The second kappa shape index (κ2) is 7.95. The van der Waals surface area contributed by atoms with E-state index >= 15 is 0 Å². The second-order valence-corrected chi connectivity index (χ2v) is 9.21. The first kappa shape index (κ1) is 19.4. The van der Waals surface area contributed by atoms with Gasteiger partial charge in [-0.05, 0) is 57.2 Å². The molecule has 134 valence electrons. The summed E-state index contributed by atoms with van der Waals surface area (Å²) in [6.07, 6.45) is 1.84. The number of hydrogen-bond acceptors (Lipinski definition) is 4. The lowest BCUT2D eigenvalue weighted by Crippen LogP contribution is -2.47. The summed E-state index contributed by atoms with van der Waals surface area (Å²) in [7, 11) is 1.60. The van der Waals surface area contributed by atoms with Gasteiger partial charge in [0, 0.05) is 24.6 Å². The molecule has 0 unspecified atom stereocenters. The van der Waals surface area contributed by atoms with Crippen LogP contribution < -0.4 is 0 Å². The second-order valence-electron chi connectivity index (χ2n) is 6.25. The number of likely N-dealkylation sites (N-methyl/N-ethyl adjacent to an activating group) is 2. The van der Waals surface area contributed by atoms with Gasteiger partial charge in [-0.1, -0.05) is 15.9 Å². The van der Waals surface area contributed by atoms with Crippen LogP contribution in [0.15, 0.2) is 33.6 Å². The molecule has 0 aromatic heterocycles. The first-order chi connectivity index (χ1) is 11.2. The maximum atomic E-state index is 12.6. The number of carbonyl (C=O) groups excluding carboxylic acids is 1. The van der Waals surface area contributed by atoms with Crippen molar-refractivity contribution < 1.29 is 13.2 Å². The third kappa shape index (κ3) is 4.56. The lowest BCUT2D eigenvalue weighted by atomic mass is 10.0. The number of likely N-dealkylation sites (tertiary alicyclic amines) is 1.